The molecule has 2 aromatic heterocycles. The Balaban J connectivity index is 1.39. The number of benzene rings is 1. The highest BCUT2D eigenvalue weighted by Crippen LogP contribution is 2.26. The minimum Gasteiger partial charge on any atom is -0.355 e. The lowest BCUT2D eigenvalue weighted by Crippen LogP contribution is -2.43. The van der Waals surface area contributed by atoms with Gasteiger partial charge in [0, 0.05) is 31.4 Å². The molecule has 146 valence electrons. The fraction of sp³-hybridized carbons (Fsp3) is 0.400. The Bertz CT molecular complexity index is 1030. The van der Waals surface area contributed by atoms with Gasteiger partial charge in [0.25, 0.3) is 5.56 Å². The van der Waals surface area contributed by atoms with Crippen LogP contribution in [-0.4, -0.2) is 40.1 Å². The summed E-state index contributed by atoms with van der Waals surface area (Å²) in [6, 6.07) is 11.6. The quantitative estimate of drug-likeness (QED) is 0.713. The van der Waals surface area contributed by atoms with Gasteiger partial charge in [-0.25, -0.2) is 4.98 Å². The number of carbonyl (C=O) groups is 1. The summed E-state index contributed by atoms with van der Waals surface area (Å²) in [4.78, 5) is 31.8. The van der Waals surface area contributed by atoms with Crippen molar-refractivity contribution in [2.24, 2.45) is 5.92 Å². The largest absolute Gasteiger partial charge is 0.355 e. The molecule has 1 fully saturated rings. The zero-order valence-electron chi connectivity index (χ0n) is 15.8. The van der Waals surface area contributed by atoms with E-state index >= 15 is 0 Å². The summed E-state index contributed by atoms with van der Waals surface area (Å²) < 4.78 is 1.34. The molecular formula is C20H23N5O2S. The van der Waals surface area contributed by atoms with Crippen molar-refractivity contribution in [3.05, 3.63) is 58.0 Å². The van der Waals surface area contributed by atoms with E-state index in [2.05, 4.69) is 32.4 Å². The average Bonchev–Trinajstić information content (AvgIpc) is 3.13. The number of aryl methyl sites for hydroxylation is 1. The number of fused-ring (bicyclic) bond motifs is 1. The molecule has 1 aliphatic rings. The zero-order valence-corrected chi connectivity index (χ0v) is 16.6. The molecule has 1 atom stereocenters. The van der Waals surface area contributed by atoms with E-state index in [1.54, 1.807) is 6.92 Å². The first kappa shape index (κ1) is 18.6. The summed E-state index contributed by atoms with van der Waals surface area (Å²) >= 11 is 1.40. The number of hydrogen-bond donors (Lipinski definition) is 1. The second-order valence-corrected chi connectivity index (χ2v) is 8.06. The van der Waals surface area contributed by atoms with E-state index in [4.69, 9.17) is 0 Å². The van der Waals surface area contributed by atoms with Gasteiger partial charge in [0.15, 0.2) is 0 Å². The fourth-order valence-corrected chi connectivity index (χ4v) is 4.51. The van der Waals surface area contributed by atoms with Gasteiger partial charge < -0.3 is 10.2 Å². The van der Waals surface area contributed by atoms with Gasteiger partial charge in [-0.1, -0.05) is 41.7 Å². The van der Waals surface area contributed by atoms with Crippen LogP contribution in [0.2, 0.25) is 0 Å². The van der Waals surface area contributed by atoms with Crippen LogP contribution in [0.1, 0.15) is 24.1 Å². The molecule has 0 spiro atoms. The molecule has 0 bridgehead atoms. The first-order chi connectivity index (χ1) is 13.6. The molecule has 0 radical (unpaired) electrons. The van der Waals surface area contributed by atoms with Gasteiger partial charge in [-0.3, -0.25) is 9.59 Å². The molecule has 3 heterocycles. The van der Waals surface area contributed by atoms with Crippen molar-refractivity contribution in [1.29, 1.82) is 0 Å². The van der Waals surface area contributed by atoms with Crippen LogP contribution in [-0.2, 0) is 11.2 Å². The number of nitrogens with zero attached hydrogens (tertiary/aromatic N) is 4. The maximum atomic E-state index is 12.6. The standard InChI is InChI=1S/C20H23N5O2S/c1-14-12-17(26)25-19(22-14)28-20(23-25)24-11-5-8-16(13-24)18(27)21-10-9-15-6-3-2-4-7-15/h2-4,6-7,12,16H,5,8-11,13H2,1H3,(H,21,27)/t16-/m1/s1. The molecule has 28 heavy (non-hydrogen) atoms. The van der Waals surface area contributed by atoms with Gasteiger partial charge in [-0.05, 0) is 31.7 Å². The summed E-state index contributed by atoms with van der Waals surface area (Å²) in [7, 11) is 0. The number of anilines is 1. The third kappa shape index (κ3) is 4.06. The average molecular weight is 398 g/mol. The van der Waals surface area contributed by atoms with E-state index in [-0.39, 0.29) is 17.4 Å². The summed E-state index contributed by atoms with van der Waals surface area (Å²) in [5, 5.41) is 8.24. The summed E-state index contributed by atoms with van der Waals surface area (Å²) in [6.07, 6.45) is 2.62. The first-order valence-corrected chi connectivity index (χ1v) is 10.4. The molecular weight excluding hydrogens is 374 g/mol. The maximum Gasteiger partial charge on any atom is 0.275 e. The van der Waals surface area contributed by atoms with E-state index in [1.807, 2.05) is 18.2 Å². The lowest BCUT2D eigenvalue weighted by atomic mass is 9.97. The second kappa shape index (κ2) is 8.10. The number of amides is 1. The highest BCUT2D eigenvalue weighted by molar-refractivity contribution is 7.20. The molecule has 0 aliphatic carbocycles. The topological polar surface area (TPSA) is 79.6 Å². The number of rotatable bonds is 5. The van der Waals surface area contributed by atoms with Gasteiger partial charge in [0.1, 0.15) is 0 Å². The highest BCUT2D eigenvalue weighted by Gasteiger charge is 2.27. The summed E-state index contributed by atoms with van der Waals surface area (Å²) in [5.74, 6) is 0.0239. The van der Waals surface area contributed by atoms with Crippen LogP contribution >= 0.6 is 11.3 Å². The van der Waals surface area contributed by atoms with Crippen molar-refractivity contribution in [1.82, 2.24) is 19.9 Å². The molecule has 8 heteroatoms. The molecule has 1 aromatic carbocycles. The molecule has 1 N–H and O–H groups in total. The van der Waals surface area contributed by atoms with Crippen molar-refractivity contribution in [3.63, 3.8) is 0 Å². The Hall–Kier alpha value is -2.74. The Morgan fingerprint density at radius 2 is 2.14 bits per heavy atom. The Labute approximate surface area is 167 Å². The van der Waals surface area contributed by atoms with Gasteiger partial charge in [0.05, 0.1) is 5.92 Å². The van der Waals surface area contributed by atoms with Crippen LogP contribution in [0.5, 0.6) is 0 Å². The van der Waals surface area contributed by atoms with E-state index in [1.165, 1.54) is 27.5 Å². The molecule has 4 rings (SSSR count). The van der Waals surface area contributed by atoms with E-state index in [0.717, 1.165) is 30.9 Å². The normalized spacial score (nSPS) is 17.0. The van der Waals surface area contributed by atoms with Crippen molar-refractivity contribution in [2.45, 2.75) is 26.2 Å². The number of carbonyl (C=O) groups excluding carboxylic acids is 1. The molecule has 3 aromatic rings. The highest BCUT2D eigenvalue weighted by atomic mass is 32.1. The molecule has 1 aliphatic heterocycles. The maximum absolute atomic E-state index is 12.6. The lowest BCUT2D eigenvalue weighted by molar-refractivity contribution is -0.125. The first-order valence-electron chi connectivity index (χ1n) is 9.54. The Morgan fingerprint density at radius 1 is 1.32 bits per heavy atom. The van der Waals surface area contributed by atoms with Gasteiger partial charge >= 0.3 is 0 Å². The van der Waals surface area contributed by atoms with E-state index in [0.29, 0.717) is 23.7 Å². The lowest BCUT2D eigenvalue weighted by Gasteiger charge is -2.31. The van der Waals surface area contributed by atoms with E-state index in [9.17, 15) is 9.59 Å². The van der Waals surface area contributed by atoms with Gasteiger partial charge in [0.2, 0.25) is 16.0 Å². The molecule has 1 amide bonds. The van der Waals surface area contributed by atoms with Crippen molar-refractivity contribution >= 4 is 27.3 Å². The van der Waals surface area contributed by atoms with Gasteiger partial charge in [-0.15, -0.1) is 5.10 Å². The van der Waals surface area contributed by atoms with Crippen LogP contribution in [0, 0.1) is 12.8 Å². The van der Waals surface area contributed by atoms with Crippen molar-refractivity contribution < 1.29 is 4.79 Å². The Kier molecular flexibility index (Phi) is 5.38. The fourth-order valence-electron chi connectivity index (χ4n) is 3.52. The smallest absolute Gasteiger partial charge is 0.275 e. The molecule has 0 saturated carbocycles. The monoisotopic (exact) mass is 397 g/mol. The van der Waals surface area contributed by atoms with Crippen LogP contribution in [0.4, 0.5) is 5.13 Å². The minimum atomic E-state index is -0.169. The van der Waals surface area contributed by atoms with Gasteiger partial charge in [-0.2, -0.15) is 4.52 Å². The minimum absolute atomic E-state index is 0.0667. The second-order valence-electron chi connectivity index (χ2n) is 7.13. The number of piperidine rings is 1. The summed E-state index contributed by atoms with van der Waals surface area (Å²) in [6.45, 7) is 3.89. The molecule has 1 saturated heterocycles. The predicted molar refractivity (Wildman–Crippen MR) is 110 cm³/mol. The zero-order chi connectivity index (χ0) is 19.5. The van der Waals surface area contributed by atoms with Crippen LogP contribution in [0.25, 0.3) is 4.96 Å². The third-order valence-corrected chi connectivity index (χ3v) is 5.95. The predicted octanol–water partition coefficient (Wildman–Crippen LogP) is 2.03. The van der Waals surface area contributed by atoms with Crippen molar-refractivity contribution in [2.75, 3.05) is 24.5 Å². The van der Waals surface area contributed by atoms with Crippen molar-refractivity contribution in [3.8, 4) is 0 Å². The number of hydrogen-bond acceptors (Lipinski definition) is 6. The SMILES string of the molecule is Cc1cc(=O)n2nc(N3CCC[C@@H](C(=O)NCCc4ccccc4)C3)sc2n1. The molecule has 0 unspecified atom stereocenters. The van der Waals surface area contributed by atoms with Crippen LogP contribution in [0.3, 0.4) is 0 Å². The number of nitrogens with one attached hydrogen (secondary N) is 1. The Morgan fingerprint density at radius 3 is 2.96 bits per heavy atom. The summed E-state index contributed by atoms with van der Waals surface area (Å²) in [5.41, 5.74) is 1.74. The van der Waals surface area contributed by atoms with Crippen LogP contribution in [0.15, 0.2) is 41.2 Å². The van der Waals surface area contributed by atoms with Crippen LogP contribution < -0.4 is 15.8 Å². The molecule has 7 nitrogen and oxygen atoms in total. The van der Waals surface area contributed by atoms with E-state index < -0.39 is 0 Å². The third-order valence-electron chi connectivity index (χ3n) is 4.98. The number of aromatic nitrogens is 3.